The lowest BCUT2D eigenvalue weighted by molar-refractivity contribution is 0.0547. The van der Waals surface area contributed by atoms with E-state index in [4.69, 9.17) is 6.57 Å². The standard InChI is InChI=1S/C9H7NO2/c1-10-7-12-9(11)8-5-3-2-4-6-8/h2-6H,7H2. The van der Waals surface area contributed by atoms with Crippen molar-refractivity contribution in [3.05, 3.63) is 47.3 Å². The van der Waals surface area contributed by atoms with Crippen molar-refractivity contribution in [1.29, 1.82) is 0 Å². The summed E-state index contributed by atoms with van der Waals surface area (Å²) in [4.78, 5) is 13.9. The van der Waals surface area contributed by atoms with Crippen molar-refractivity contribution >= 4 is 5.97 Å². The van der Waals surface area contributed by atoms with Crippen molar-refractivity contribution in [3.63, 3.8) is 0 Å². The number of rotatable bonds is 2. The van der Waals surface area contributed by atoms with E-state index < -0.39 is 5.97 Å². The summed E-state index contributed by atoms with van der Waals surface area (Å²) in [6.45, 7) is 6.19. The van der Waals surface area contributed by atoms with Gasteiger partial charge in [-0.25, -0.2) is 11.4 Å². The molecular formula is C9H7NO2. The molecule has 0 amide bonds. The summed E-state index contributed by atoms with van der Waals surface area (Å²) in [6, 6.07) is 8.59. The molecule has 0 saturated heterocycles. The minimum atomic E-state index is -0.452. The van der Waals surface area contributed by atoms with Crippen molar-refractivity contribution < 1.29 is 9.53 Å². The Bertz CT molecular complexity index is 300. The van der Waals surface area contributed by atoms with E-state index in [2.05, 4.69) is 9.58 Å². The van der Waals surface area contributed by atoms with Crippen LogP contribution in [0.5, 0.6) is 0 Å². The zero-order valence-electron chi connectivity index (χ0n) is 6.36. The lowest BCUT2D eigenvalue weighted by Gasteiger charge is -1.96. The Labute approximate surface area is 70.4 Å². The molecule has 0 radical (unpaired) electrons. The average molecular weight is 161 g/mol. The third kappa shape index (κ3) is 2.10. The summed E-state index contributed by atoms with van der Waals surface area (Å²) >= 11 is 0. The molecule has 0 unspecified atom stereocenters. The number of hydrogen-bond acceptors (Lipinski definition) is 2. The Morgan fingerprint density at radius 3 is 2.67 bits per heavy atom. The van der Waals surface area contributed by atoms with Crippen LogP contribution in [0, 0.1) is 6.57 Å². The quantitative estimate of drug-likeness (QED) is 0.488. The molecule has 0 heterocycles. The molecule has 3 nitrogen and oxygen atoms in total. The molecule has 1 rings (SSSR count). The van der Waals surface area contributed by atoms with E-state index in [9.17, 15) is 4.79 Å². The molecule has 0 N–H and O–H groups in total. The van der Waals surface area contributed by atoms with E-state index in [0.29, 0.717) is 5.56 Å². The minimum Gasteiger partial charge on any atom is -0.390 e. The van der Waals surface area contributed by atoms with Gasteiger partial charge in [0.05, 0.1) is 5.56 Å². The predicted molar refractivity (Wildman–Crippen MR) is 43.3 cm³/mol. The summed E-state index contributed by atoms with van der Waals surface area (Å²) in [5, 5.41) is 0. The fraction of sp³-hybridized carbons (Fsp3) is 0.111. The first-order valence-corrected chi connectivity index (χ1v) is 3.40. The van der Waals surface area contributed by atoms with Crippen LogP contribution < -0.4 is 0 Å². The molecule has 1 aromatic carbocycles. The normalized spacial score (nSPS) is 8.58. The van der Waals surface area contributed by atoms with Gasteiger partial charge in [0.1, 0.15) is 0 Å². The zero-order chi connectivity index (χ0) is 8.81. The number of carbonyl (C=O) groups excluding carboxylic acids is 1. The summed E-state index contributed by atoms with van der Waals surface area (Å²) in [5.74, 6) is -0.452. The molecule has 0 aliphatic rings. The van der Waals surface area contributed by atoms with Crippen LogP contribution in [0.3, 0.4) is 0 Å². The van der Waals surface area contributed by atoms with Crippen molar-refractivity contribution in [2.24, 2.45) is 0 Å². The first-order valence-electron chi connectivity index (χ1n) is 3.40. The predicted octanol–water partition coefficient (Wildman–Crippen LogP) is 1.72. The van der Waals surface area contributed by atoms with Crippen LogP contribution in [-0.4, -0.2) is 12.7 Å². The molecule has 0 atom stereocenters. The summed E-state index contributed by atoms with van der Waals surface area (Å²) in [7, 11) is 0. The van der Waals surface area contributed by atoms with E-state index >= 15 is 0 Å². The molecular weight excluding hydrogens is 154 g/mol. The van der Waals surface area contributed by atoms with Crippen molar-refractivity contribution in [1.82, 2.24) is 0 Å². The van der Waals surface area contributed by atoms with Crippen LogP contribution in [-0.2, 0) is 4.74 Å². The highest BCUT2D eigenvalue weighted by Gasteiger charge is 2.05. The highest BCUT2D eigenvalue weighted by molar-refractivity contribution is 5.89. The van der Waals surface area contributed by atoms with E-state index in [1.807, 2.05) is 6.07 Å². The molecule has 3 heteroatoms. The summed E-state index contributed by atoms with van der Waals surface area (Å²) in [5.41, 5.74) is 0.473. The van der Waals surface area contributed by atoms with Gasteiger partial charge in [-0.2, -0.15) is 0 Å². The molecule has 0 saturated carbocycles. The zero-order valence-corrected chi connectivity index (χ0v) is 6.36. The topological polar surface area (TPSA) is 30.7 Å². The van der Waals surface area contributed by atoms with Gasteiger partial charge < -0.3 is 4.74 Å². The molecule has 12 heavy (non-hydrogen) atoms. The SMILES string of the molecule is [C-]#[N+]COC(=O)c1ccccc1. The van der Waals surface area contributed by atoms with Gasteiger partial charge in [-0.1, -0.05) is 18.2 Å². The number of ether oxygens (including phenoxy) is 1. The van der Waals surface area contributed by atoms with Gasteiger partial charge in [-0.15, -0.1) is 0 Å². The van der Waals surface area contributed by atoms with Crippen molar-refractivity contribution in [2.75, 3.05) is 6.73 Å². The van der Waals surface area contributed by atoms with Crippen LogP contribution in [0.4, 0.5) is 0 Å². The van der Waals surface area contributed by atoms with E-state index in [1.165, 1.54) is 0 Å². The van der Waals surface area contributed by atoms with Crippen molar-refractivity contribution in [3.8, 4) is 0 Å². The Morgan fingerprint density at radius 1 is 1.42 bits per heavy atom. The fourth-order valence-electron chi connectivity index (χ4n) is 0.748. The van der Waals surface area contributed by atoms with Gasteiger partial charge in [0.2, 0.25) is 0 Å². The van der Waals surface area contributed by atoms with Crippen LogP contribution in [0.2, 0.25) is 0 Å². The van der Waals surface area contributed by atoms with Gasteiger partial charge in [0, 0.05) is 0 Å². The van der Waals surface area contributed by atoms with Gasteiger partial charge in [-0.05, 0) is 12.1 Å². The van der Waals surface area contributed by atoms with E-state index in [0.717, 1.165) is 0 Å². The van der Waals surface area contributed by atoms with Crippen LogP contribution in [0.25, 0.3) is 4.85 Å². The molecule has 0 spiro atoms. The Balaban J connectivity index is 2.61. The van der Waals surface area contributed by atoms with Crippen molar-refractivity contribution in [2.45, 2.75) is 0 Å². The molecule has 0 aromatic heterocycles. The minimum absolute atomic E-state index is 0.215. The second kappa shape index (κ2) is 4.14. The number of benzene rings is 1. The number of nitrogens with zero attached hydrogens (tertiary/aromatic N) is 1. The molecule has 0 bridgehead atoms. The second-order valence-corrected chi connectivity index (χ2v) is 2.09. The first-order chi connectivity index (χ1) is 5.84. The Kier molecular flexibility index (Phi) is 2.86. The summed E-state index contributed by atoms with van der Waals surface area (Å²) in [6.07, 6.45) is 0. The maximum Gasteiger partial charge on any atom is 0.359 e. The number of carbonyl (C=O) groups is 1. The first kappa shape index (κ1) is 8.28. The van der Waals surface area contributed by atoms with Crippen LogP contribution in [0.15, 0.2) is 30.3 Å². The molecule has 0 aliphatic carbocycles. The highest BCUT2D eigenvalue weighted by Crippen LogP contribution is 2.00. The van der Waals surface area contributed by atoms with Gasteiger partial charge >= 0.3 is 12.7 Å². The van der Waals surface area contributed by atoms with E-state index in [1.54, 1.807) is 24.3 Å². The average Bonchev–Trinajstić information content (AvgIpc) is 2.15. The molecule has 0 fully saturated rings. The van der Waals surface area contributed by atoms with Gasteiger partial charge in [-0.3, -0.25) is 4.85 Å². The highest BCUT2D eigenvalue weighted by atomic mass is 16.5. The largest absolute Gasteiger partial charge is 0.390 e. The second-order valence-electron chi connectivity index (χ2n) is 2.09. The third-order valence-corrected chi connectivity index (χ3v) is 1.27. The maximum absolute atomic E-state index is 11.0. The van der Waals surface area contributed by atoms with Crippen LogP contribution >= 0.6 is 0 Å². The Morgan fingerprint density at radius 2 is 2.08 bits per heavy atom. The number of hydrogen-bond donors (Lipinski definition) is 0. The van der Waals surface area contributed by atoms with Gasteiger partial charge in [0.15, 0.2) is 0 Å². The maximum atomic E-state index is 11.0. The van der Waals surface area contributed by atoms with Crippen LogP contribution in [0.1, 0.15) is 10.4 Å². The molecule has 0 aliphatic heterocycles. The summed E-state index contributed by atoms with van der Waals surface area (Å²) < 4.78 is 4.58. The Hall–Kier alpha value is -1.82. The lowest BCUT2D eigenvalue weighted by Crippen LogP contribution is -2.03. The smallest absolute Gasteiger partial charge is 0.359 e. The monoisotopic (exact) mass is 161 g/mol. The van der Waals surface area contributed by atoms with E-state index in [-0.39, 0.29) is 6.73 Å². The molecule has 1 aromatic rings. The number of esters is 1. The van der Waals surface area contributed by atoms with Gasteiger partial charge in [0.25, 0.3) is 0 Å². The third-order valence-electron chi connectivity index (χ3n) is 1.27. The lowest BCUT2D eigenvalue weighted by atomic mass is 10.2. The fourth-order valence-corrected chi connectivity index (χ4v) is 0.748. The molecule has 60 valence electrons.